The van der Waals surface area contributed by atoms with Crippen LogP contribution in [0.15, 0.2) is 48.7 Å². The van der Waals surface area contributed by atoms with Crippen LogP contribution >= 0.6 is 0 Å². The van der Waals surface area contributed by atoms with Gasteiger partial charge in [0.2, 0.25) is 0 Å². The number of pyridine rings is 1. The third-order valence-corrected chi connectivity index (χ3v) is 3.29. The van der Waals surface area contributed by atoms with Crippen molar-refractivity contribution in [1.82, 2.24) is 4.98 Å². The van der Waals surface area contributed by atoms with Crippen LogP contribution in [0.5, 0.6) is 0 Å². The number of para-hydroxylation sites is 1. The van der Waals surface area contributed by atoms with Gasteiger partial charge in [-0.25, -0.2) is 0 Å². The minimum atomic E-state index is -0.750. The first-order valence-electron chi connectivity index (χ1n) is 7.08. The van der Waals surface area contributed by atoms with Gasteiger partial charge in [0.15, 0.2) is 0 Å². The lowest BCUT2D eigenvalue weighted by Gasteiger charge is -2.24. The normalized spacial score (nSPS) is 10.3. The van der Waals surface area contributed by atoms with Crippen molar-refractivity contribution in [3.63, 3.8) is 0 Å². The highest BCUT2D eigenvalue weighted by Gasteiger charge is 2.08. The van der Waals surface area contributed by atoms with Gasteiger partial charge in [0, 0.05) is 37.1 Å². The van der Waals surface area contributed by atoms with Gasteiger partial charge in [-0.3, -0.25) is 9.78 Å². The Morgan fingerprint density at radius 2 is 1.95 bits per heavy atom. The Hall–Kier alpha value is -2.36. The molecule has 0 fully saturated rings. The standard InChI is InChI=1S/C17H20N2O2/c1-14-9-10-15(12-18-14)13-19(11-5-8-17(20)21)16-6-3-2-4-7-16/h2-4,6-7,9-10,12H,5,8,11,13H2,1H3,(H,20,21). The minimum absolute atomic E-state index is 0.190. The number of aromatic nitrogens is 1. The van der Waals surface area contributed by atoms with Crippen LogP contribution in [0.25, 0.3) is 0 Å². The van der Waals surface area contributed by atoms with Crippen molar-refractivity contribution in [2.24, 2.45) is 0 Å². The molecule has 2 aromatic rings. The maximum absolute atomic E-state index is 10.7. The van der Waals surface area contributed by atoms with E-state index in [1.807, 2.05) is 49.5 Å². The van der Waals surface area contributed by atoms with E-state index in [2.05, 4.69) is 16.0 Å². The Bertz CT molecular complexity index is 567. The predicted octanol–water partition coefficient (Wildman–Crippen LogP) is 3.26. The fourth-order valence-corrected chi connectivity index (χ4v) is 2.17. The van der Waals surface area contributed by atoms with E-state index in [9.17, 15) is 4.79 Å². The Morgan fingerprint density at radius 1 is 1.19 bits per heavy atom. The summed E-state index contributed by atoms with van der Waals surface area (Å²) < 4.78 is 0. The highest BCUT2D eigenvalue weighted by molar-refractivity contribution is 5.66. The molecule has 0 radical (unpaired) electrons. The number of aryl methyl sites for hydroxylation is 1. The highest BCUT2D eigenvalue weighted by atomic mass is 16.4. The van der Waals surface area contributed by atoms with Crippen molar-refractivity contribution < 1.29 is 9.90 Å². The molecule has 0 atom stereocenters. The lowest BCUT2D eigenvalue weighted by Crippen LogP contribution is -2.24. The molecule has 0 unspecified atom stereocenters. The molecular weight excluding hydrogens is 264 g/mol. The molecule has 0 bridgehead atoms. The lowest BCUT2D eigenvalue weighted by atomic mass is 10.2. The number of nitrogens with zero attached hydrogens (tertiary/aromatic N) is 2. The lowest BCUT2D eigenvalue weighted by molar-refractivity contribution is -0.137. The summed E-state index contributed by atoms with van der Waals surface area (Å²) in [6, 6.07) is 14.1. The smallest absolute Gasteiger partial charge is 0.303 e. The molecule has 1 heterocycles. The van der Waals surface area contributed by atoms with E-state index in [4.69, 9.17) is 5.11 Å². The van der Waals surface area contributed by atoms with Crippen molar-refractivity contribution in [2.45, 2.75) is 26.3 Å². The van der Waals surface area contributed by atoms with Gasteiger partial charge in [-0.1, -0.05) is 24.3 Å². The second-order valence-electron chi connectivity index (χ2n) is 5.06. The van der Waals surface area contributed by atoms with Crippen LogP contribution in [0, 0.1) is 6.92 Å². The van der Waals surface area contributed by atoms with E-state index in [0.29, 0.717) is 13.0 Å². The SMILES string of the molecule is Cc1ccc(CN(CCCC(=O)O)c2ccccc2)cn1. The van der Waals surface area contributed by atoms with E-state index < -0.39 is 5.97 Å². The molecule has 4 nitrogen and oxygen atoms in total. The second kappa shape index (κ2) is 7.43. The van der Waals surface area contributed by atoms with Crippen molar-refractivity contribution in [3.05, 3.63) is 59.9 Å². The zero-order valence-corrected chi connectivity index (χ0v) is 12.2. The third kappa shape index (κ3) is 4.91. The molecule has 0 spiro atoms. The molecular formula is C17H20N2O2. The first kappa shape index (κ1) is 15.0. The van der Waals surface area contributed by atoms with Crippen LogP contribution in [0.3, 0.4) is 0 Å². The van der Waals surface area contributed by atoms with Crippen molar-refractivity contribution in [1.29, 1.82) is 0 Å². The third-order valence-electron chi connectivity index (χ3n) is 3.29. The zero-order chi connectivity index (χ0) is 15.1. The molecule has 0 saturated heterocycles. The topological polar surface area (TPSA) is 53.4 Å². The number of hydrogen-bond acceptors (Lipinski definition) is 3. The summed E-state index contributed by atoms with van der Waals surface area (Å²) >= 11 is 0. The molecule has 0 amide bonds. The van der Waals surface area contributed by atoms with Gasteiger partial charge in [-0.05, 0) is 37.1 Å². The first-order valence-corrected chi connectivity index (χ1v) is 7.08. The molecule has 0 saturated carbocycles. The fraction of sp³-hybridized carbons (Fsp3) is 0.294. The van der Waals surface area contributed by atoms with Crippen molar-refractivity contribution in [2.75, 3.05) is 11.4 Å². The van der Waals surface area contributed by atoms with Crippen LogP contribution in [0.2, 0.25) is 0 Å². The number of carbonyl (C=O) groups is 1. The van der Waals surface area contributed by atoms with Gasteiger partial charge < -0.3 is 10.0 Å². The molecule has 110 valence electrons. The molecule has 2 rings (SSSR count). The summed E-state index contributed by atoms with van der Waals surface area (Å²) in [5.74, 6) is -0.750. The maximum atomic E-state index is 10.7. The van der Waals surface area contributed by atoms with Gasteiger partial charge in [0.05, 0.1) is 0 Å². The van der Waals surface area contributed by atoms with Gasteiger partial charge in [-0.15, -0.1) is 0 Å². The average Bonchev–Trinajstić information content (AvgIpc) is 2.49. The van der Waals surface area contributed by atoms with E-state index in [0.717, 1.165) is 23.5 Å². The zero-order valence-electron chi connectivity index (χ0n) is 12.2. The largest absolute Gasteiger partial charge is 0.481 e. The molecule has 0 aliphatic carbocycles. The highest BCUT2D eigenvalue weighted by Crippen LogP contribution is 2.17. The Morgan fingerprint density at radius 3 is 2.57 bits per heavy atom. The molecule has 21 heavy (non-hydrogen) atoms. The molecule has 0 aliphatic heterocycles. The Kier molecular flexibility index (Phi) is 5.32. The number of benzene rings is 1. The summed E-state index contributed by atoms with van der Waals surface area (Å²) in [6.07, 6.45) is 2.70. The second-order valence-corrected chi connectivity index (χ2v) is 5.06. The van der Waals surface area contributed by atoms with Gasteiger partial charge >= 0.3 is 5.97 Å². The summed E-state index contributed by atoms with van der Waals surface area (Å²) in [5, 5.41) is 8.79. The van der Waals surface area contributed by atoms with Crippen LogP contribution < -0.4 is 4.90 Å². The predicted molar refractivity (Wildman–Crippen MR) is 83.3 cm³/mol. The molecule has 4 heteroatoms. The van der Waals surface area contributed by atoms with Crippen LogP contribution in [0.1, 0.15) is 24.1 Å². The van der Waals surface area contributed by atoms with E-state index in [-0.39, 0.29) is 6.42 Å². The Labute approximate surface area is 125 Å². The molecule has 0 aliphatic rings. The number of carboxylic acid groups (broad SMARTS) is 1. The summed E-state index contributed by atoms with van der Waals surface area (Å²) in [7, 11) is 0. The van der Waals surface area contributed by atoms with Crippen molar-refractivity contribution in [3.8, 4) is 0 Å². The number of carboxylic acids is 1. The molecule has 1 aromatic heterocycles. The van der Waals surface area contributed by atoms with Gasteiger partial charge in [0.1, 0.15) is 0 Å². The number of hydrogen-bond donors (Lipinski definition) is 1. The molecule has 1 N–H and O–H groups in total. The van der Waals surface area contributed by atoms with E-state index >= 15 is 0 Å². The van der Waals surface area contributed by atoms with Gasteiger partial charge in [0.25, 0.3) is 0 Å². The number of aliphatic carboxylic acids is 1. The summed E-state index contributed by atoms with van der Waals surface area (Å²) in [5.41, 5.74) is 3.22. The minimum Gasteiger partial charge on any atom is -0.481 e. The van der Waals surface area contributed by atoms with Gasteiger partial charge in [-0.2, -0.15) is 0 Å². The van der Waals surface area contributed by atoms with E-state index in [1.165, 1.54) is 0 Å². The molecule has 1 aromatic carbocycles. The quantitative estimate of drug-likeness (QED) is 0.848. The van der Waals surface area contributed by atoms with Crippen LogP contribution in [0.4, 0.5) is 5.69 Å². The first-order chi connectivity index (χ1) is 10.1. The van der Waals surface area contributed by atoms with Crippen LogP contribution in [-0.2, 0) is 11.3 Å². The van der Waals surface area contributed by atoms with Crippen molar-refractivity contribution >= 4 is 11.7 Å². The monoisotopic (exact) mass is 284 g/mol. The summed E-state index contributed by atoms with van der Waals surface area (Å²) in [4.78, 5) is 17.2. The van der Waals surface area contributed by atoms with E-state index in [1.54, 1.807) is 0 Å². The average molecular weight is 284 g/mol. The number of anilines is 1. The fourth-order valence-electron chi connectivity index (χ4n) is 2.17. The Balaban J connectivity index is 2.07. The maximum Gasteiger partial charge on any atom is 0.303 e. The number of rotatable bonds is 7. The van der Waals surface area contributed by atoms with Crippen LogP contribution in [-0.4, -0.2) is 22.6 Å². The summed E-state index contributed by atoms with van der Waals surface area (Å²) in [6.45, 7) is 3.41.